The third-order valence-electron chi connectivity index (χ3n) is 1.08. The Morgan fingerprint density at radius 2 is 1.31 bits per heavy atom. The van der Waals surface area contributed by atoms with E-state index in [2.05, 4.69) is 0 Å². The van der Waals surface area contributed by atoms with Crippen molar-refractivity contribution in [1.29, 1.82) is 0 Å². The van der Waals surface area contributed by atoms with E-state index in [9.17, 15) is 35.1 Å². The van der Waals surface area contributed by atoms with Crippen LogP contribution < -0.4 is 0 Å². The van der Waals surface area contributed by atoms with Gasteiger partial charge in [-0.3, -0.25) is 0 Å². The molecule has 79 valence electrons. The molecule has 0 heterocycles. The van der Waals surface area contributed by atoms with Crippen LogP contribution in [-0.4, -0.2) is 24.7 Å². The predicted molar refractivity (Wildman–Crippen MR) is 26.2 cm³/mol. The first kappa shape index (κ1) is 12.4. The minimum atomic E-state index is -5.68. The van der Waals surface area contributed by atoms with Crippen LogP contribution in [0.2, 0.25) is 0 Å². The van der Waals surface area contributed by atoms with Crippen LogP contribution in [0.4, 0.5) is 35.1 Å². The summed E-state index contributed by atoms with van der Waals surface area (Å²) in [5, 5.41) is 0. The smallest absolute Gasteiger partial charge is 0.240 e. The maximum Gasteiger partial charge on any atom is 0.422 e. The minimum Gasteiger partial charge on any atom is -0.240 e. The van der Waals surface area contributed by atoms with Crippen LogP contribution in [0.25, 0.3) is 0 Å². The van der Waals surface area contributed by atoms with Gasteiger partial charge < -0.3 is 0 Å². The fraction of sp³-hybridized carbons (Fsp3) is 0.800. The number of hydrogen-bond donors (Lipinski definition) is 0. The second-order valence-corrected chi connectivity index (χ2v) is 2.08. The van der Waals surface area contributed by atoms with Gasteiger partial charge >= 0.3 is 12.6 Å². The lowest BCUT2D eigenvalue weighted by atomic mass is 10.1. The van der Waals surface area contributed by atoms with E-state index in [1.54, 1.807) is 0 Å². The van der Waals surface area contributed by atoms with Gasteiger partial charge in [-0.15, -0.1) is 0 Å². The highest BCUT2D eigenvalue weighted by molar-refractivity contribution is 4.89. The van der Waals surface area contributed by atoms with Gasteiger partial charge in [-0.1, -0.05) is 0 Å². The number of rotatable bonds is 3. The Morgan fingerprint density at radius 3 is 1.54 bits per heavy atom. The van der Waals surface area contributed by atoms with E-state index < -0.39 is 31.1 Å². The van der Waals surface area contributed by atoms with Gasteiger partial charge in [-0.2, -0.15) is 22.0 Å². The van der Waals surface area contributed by atoms with Crippen molar-refractivity contribution in [3.05, 3.63) is 6.43 Å². The van der Waals surface area contributed by atoms with Gasteiger partial charge in [0, 0.05) is 0 Å². The van der Waals surface area contributed by atoms with Crippen LogP contribution in [0.15, 0.2) is 0 Å². The summed E-state index contributed by atoms with van der Waals surface area (Å²) >= 11 is 0. The molecule has 0 rings (SSSR count). The number of halogens is 8. The molecule has 0 aliphatic carbocycles. The van der Waals surface area contributed by atoms with Crippen LogP contribution in [0.3, 0.4) is 0 Å². The Labute approximate surface area is 67.5 Å². The molecular weight excluding hydrogens is 212 g/mol. The van der Waals surface area contributed by atoms with E-state index in [1.807, 2.05) is 0 Å². The van der Waals surface area contributed by atoms with Gasteiger partial charge in [-0.25, -0.2) is 13.2 Å². The van der Waals surface area contributed by atoms with Crippen LogP contribution in [0.1, 0.15) is 0 Å². The summed E-state index contributed by atoms with van der Waals surface area (Å²) in [7, 11) is 0. The molecular formula is C5H3F8. The molecule has 0 aromatic rings. The molecule has 13 heavy (non-hydrogen) atoms. The second-order valence-electron chi connectivity index (χ2n) is 2.08. The molecule has 0 spiro atoms. The lowest BCUT2D eigenvalue weighted by Gasteiger charge is -2.18. The third kappa shape index (κ3) is 3.35. The van der Waals surface area contributed by atoms with Crippen molar-refractivity contribution in [2.75, 3.05) is 0 Å². The van der Waals surface area contributed by atoms with Crippen molar-refractivity contribution in [3.8, 4) is 0 Å². The standard InChI is InChI=1S/C5H3F8/c6-1(2(7)4(9)10)3(8)5(11,12)13/h1-3H. The van der Waals surface area contributed by atoms with Gasteiger partial charge in [0.05, 0.1) is 0 Å². The van der Waals surface area contributed by atoms with Gasteiger partial charge in [0.2, 0.25) is 12.3 Å². The Hall–Kier alpha value is -0.560. The van der Waals surface area contributed by atoms with Crippen molar-refractivity contribution in [3.63, 3.8) is 0 Å². The van der Waals surface area contributed by atoms with Crippen LogP contribution >= 0.6 is 0 Å². The average Bonchev–Trinajstić information content (AvgIpc) is 1.98. The van der Waals surface area contributed by atoms with Crippen LogP contribution in [0.5, 0.6) is 0 Å². The molecule has 3 atom stereocenters. The topological polar surface area (TPSA) is 0 Å². The molecule has 0 amide bonds. The summed E-state index contributed by atoms with van der Waals surface area (Å²) in [5.41, 5.74) is 0. The molecule has 0 saturated carbocycles. The highest BCUT2D eigenvalue weighted by Gasteiger charge is 2.51. The second kappa shape index (κ2) is 4.10. The van der Waals surface area contributed by atoms with Gasteiger partial charge in [0.15, 0.2) is 6.17 Å². The summed E-state index contributed by atoms with van der Waals surface area (Å²) in [6.45, 7) is 0. The molecule has 0 nitrogen and oxygen atoms in total. The highest BCUT2D eigenvalue weighted by atomic mass is 19.4. The number of hydrogen-bond acceptors (Lipinski definition) is 0. The Kier molecular flexibility index (Phi) is 3.92. The molecule has 0 fully saturated rings. The first-order valence-electron chi connectivity index (χ1n) is 2.84. The van der Waals surface area contributed by atoms with Gasteiger partial charge in [0.1, 0.15) is 0 Å². The molecule has 1 radical (unpaired) electrons. The van der Waals surface area contributed by atoms with E-state index in [0.717, 1.165) is 0 Å². The quantitative estimate of drug-likeness (QED) is 0.635. The molecule has 0 aliphatic heterocycles. The van der Waals surface area contributed by atoms with Gasteiger partial charge in [0.25, 0.3) is 0 Å². The maximum absolute atomic E-state index is 12.0. The average molecular weight is 215 g/mol. The maximum atomic E-state index is 12.0. The summed E-state index contributed by atoms with van der Waals surface area (Å²) < 4.78 is 91.8. The zero-order chi connectivity index (χ0) is 10.8. The summed E-state index contributed by atoms with van der Waals surface area (Å²) in [6, 6.07) is 0. The Bertz CT molecular complexity index is 151. The van der Waals surface area contributed by atoms with E-state index in [1.165, 1.54) is 0 Å². The van der Waals surface area contributed by atoms with E-state index in [4.69, 9.17) is 0 Å². The minimum absolute atomic E-state index is 3.22. The van der Waals surface area contributed by atoms with Crippen molar-refractivity contribution in [2.24, 2.45) is 0 Å². The molecule has 0 bridgehead atoms. The normalized spacial score (nSPS) is 20.1. The molecule has 0 aromatic heterocycles. The van der Waals surface area contributed by atoms with Gasteiger partial charge in [-0.05, 0) is 0 Å². The predicted octanol–water partition coefficient (Wildman–Crippen LogP) is 2.99. The molecule has 3 unspecified atom stereocenters. The molecule has 0 aromatic carbocycles. The third-order valence-corrected chi connectivity index (χ3v) is 1.08. The zero-order valence-electron chi connectivity index (χ0n) is 5.76. The fourth-order valence-corrected chi connectivity index (χ4v) is 0.449. The molecule has 8 heteroatoms. The van der Waals surface area contributed by atoms with E-state index in [-0.39, 0.29) is 0 Å². The van der Waals surface area contributed by atoms with Crippen LogP contribution in [0, 0.1) is 6.43 Å². The first-order chi connectivity index (χ1) is 5.68. The first-order valence-corrected chi connectivity index (χ1v) is 2.84. The Morgan fingerprint density at radius 1 is 0.923 bits per heavy atom. The zero-order valence-corrected chi connectivity index (χ0v) is 5.76. The number of alkyl halides is 6. The Balaban J connectivity index is 4.34. The SMILES string of the molecule is F[C](F)C(F)C(F)C(F)C(F)(F)F. The lowest BCUT2D eigenvalue weighted by Crippen LogP contribution is -2.40. The van der Waals surface area contributed by atoms with E-state index >= 15 is 0 Å². The molecule has 0 N–H and O–H groups in total. The van der Waals surface area contributed by atoms with E-state index in [0.29, 0.717) is 0 Å². The van der Waals surface area contributed by atoms with Crippen molar-refractivity contribution in [2.45, 2.75) is 24.7 Å². The fourth-order valence-electron chi connectivity index (χ4n) is 0.449. The highest BCUT2D eigenvalue weighted by Crippen LogP contribution is 2.32. The van der Waals surface area contributed by atoms with Crippen molar-refractivity contribution >= 4 is 0 Å². The molecule has 0 aliphatic rings. The van der Waals surface area contributed by atoms with Crippen molar-refractivity contribution in [1.82, 2.24) is 0 Å². The largest absolute Gasteiger partial charge is 0.422 e. The van der Waals surface area contributed by atoms with Crippen LogP contribution in [-0.2, 0) is 0 Å². The van der Waals surface area contributed by atoms with Crippen molar-refractivity contribution < 1.29 is 35.1 Å². The summed E-state index contributed by atoms with van der Waals surface area (Å²) in [4.78, 5) is 0. The molecule has 0 saturated heterocycles. The monoisotopic (exact) mass is 215 g/mol. The lowest BCUT2D eigenvalue weighted by molar-refractivity contribution is -0.203. The summed E-state index contributed by atoms with van der Waals surface area (Å²) in [6.07, 6.45) is -20.9. The summed E-state index contributed by atoms with van der Waals surface area (Å²) in [5.74, 6) is 0.